The van der Waals surface area contributed by atoms with Gasteiger partial charge in [0.25, 0.3) is 5.91 Å². The summed E-state index contributed by atoms with van der Waals surface area (Å²) in [4.78, 5) is 35.9. The Balaban J connectivity index is 1.14. The van der Waals surface area contributed by atoms with Gasteiger partial charge in [0.2, 0.25) is 5.95 Å². The zero-order valence-electron chi connectivity index (χ0n) is 21.8. The third-order valence-electron chi connectivity index (χ3n) is 7.94. The van der Waals surface area contributed by atoms with Gasteiger partial charge in [0, 0.05) is 55.2 Å². The number of pyridine rings is 1. The lowest BCUT2D eigenvalue weighted by molar-refractivity contribution is 0.0774. The van der Waals surface area contributed by atoms with Crippen molar-refractivity contribution in [2.24, 2.45) is 5.92 Å². The predicted octanol–water partition coefficient (Wildman–Crippen LogP) is 3.49. The summed E-state index contributed by atoms with van der Waals surface area (Å²) >= 11 is 0. The van der Waals surface area contributed by atoms with E-state index in [4.69, 9.17) is 9.72 Å². The Morgan fingerprint density at radius 2 is 1.95 bits per heavy atom. The molecule has 1 N–H and O–H groups in total. The van der Waals surface area contributed by atoms with Crippen molar-refractivity contribution in [2.45, 2.75) is 25.8 Å². The fourth-order valence-corrected chi connectivity index (χ4v) is 5.85. The van der Waals surface area contributed by atoms with E-state index in [1.165, 1.54) is 6.42 Å². The second-order valence-corrected chi connectivity index (χ2v) is 10.3. The smallest absolute Gasteiger partial charge is 0.410 e. The van der Waals surface area contributed by atoms with Crippen LogP contribution < -0.4 is 5.32 Å². The van der Waals surface area contributed by atoms with E-state index in [0.29, 0.717) is 43.2 Å². The van der Waals surface area contributed by atoms with Crippen molar-refractivity contribution in [1.29, 1.82) is 0 Å². The van der Waals surface area contributed by atoms with Crippen molar-refractivity contribution < 1.29 is 14.3 Å². The minimum Gasteiger partial charge on any atom is -0.450 e. The van der Waals surface area contributed by atoms with Crippen LogP contribution in [-0.4, -0.2) is 93.7 Å². The number of likely N-dealkylation sites (tertiary alicyclic amines) is 2. The number of rotatable bonds is 5. The van der Waals surface area contributed by atoms with E-state index in [-0.39, 0.29) is 12.0 Å². The van der Waals surface area contributed by atoms with E-state index in [1.807, 2.05) is 54.4 Å². The molecule has 0 unspecified atom stereocenters. The number of benzene rings is 1. The standard InChI is InChI=1S/C28H33N7O3/c1-3-38-28(37)33-15-11-19(12-16-33)23-5-4-13-35-25(23)30-27(31-35)29-22-8-6-20(7-9-22)26(36)34-17-21-10-14-32(2)24(21)18-34/h4-9,11,13,21,24H,3,10,12,14-18H2,1-2H3,(H,29,31)/t21-,24+/m0/s1. The van der Waals surface area contributed by atoms with Crippen molar-refractivity contribution in [3.8, 4) is 0 Å². The molecule has 10 nitrogen and oxygen atoms in total. The van der Waals surface area contributed by atoms with Gasteiger partial charge in [-0.15, -0.1) is 5.10 Å². The lowest BCUT2D eigenvalue weighted by Gasteiger charge is -2.25. The number of nitrogens with one attached hydrogen (secondary N) is 1. The molecule has 1 aromatic carbocycles. The number of likely N-dealkylation sites (N-methyl/N-ethyl adjacent to an activating group) is 1. The fourth-order valence-electron chi connectivity index (χ4n) is 5.85. The van der Waals surface area contributed by atoms with Gasteiger partial charge in [-0.25, -0.2) is 9.31 Å². The zero-order valence-corrected chi connectivity index (χ0v) is 21.8. The van der Waals surface area contributed by atoms with Gasteiger partial charge in [-0.1, -0.05) is 6.08 Å². The topological polar surface area (TPSA) is 95.3 Å². The third kappa shape index (κ3) is 4.60. The maximum Gasteiger partial charge on any atom is 0.410 e. The van der Waals surface area contributed by atoms with Crippen molar-refractivity contribution in [3.63, 3.8) is 0 Å². The average molecular weight is 516 g/mol. The zero-order chi connectivity index (χ0) is 26.2. The van der Waals surface area contributed by atoms with Crippen molar-refractivity contribution >= 4 is 34.9 Å². The molecule has 3 aliphatic rings. The lowest BCUT2D eigenvalue weighted by Crippen LogP contribution is -2.35. The van der Waals surface area contributed by atoms with E-state index in [9.17, 15) is 9.59 Å². The highest BCUT2D eigenvalue weighted by atomic mass is 16.6. The van der Waals surface area contributed by atoms with Gasteiger partial charge in [0.05, 0.1) is 6.61 Å². The van der Waals surface area contributed by atoms with Gasteiger partial charge in [-0.3, -0.25) is 4.79 Å². The Kier molecular flexibility index (Phi) is 6.49. The summed E-state index contributed by atoms with van der Waals surface area (Å²) in [6.45, 7) is 6.08. The fraction of sp³-hybridized carbons (Fsp3) is 0.429. The van der Waals surface area contributed by atoms with Gasteiger partial charge in [0.15, 0.2) is 5.65 Å². The molecule has 38 heavy (non-hydrogen) atoms. The van der Waals surface area contributed by atoms with Gasteiger partial charge in [-0.05, 0) is 81.2 Å². The number of nitrogens with zero attached hydrogens (tertiary/aromatic N) is 6. The van der Waals surface area contributed by atoms with Gasteiger partial charge < -0.3 is 24.8 Å². The van der Waals surface area contributed by atoms with E-state index in [1.54, 1.807) is 9.42 Å². The van der Waals surface area contributed by atoms with Crippen LogP contribution in [0.4, 0.5) is 16.4 Å². The highest BCUT2D eigenvalue weighted by Gasteiger charge is 2.41. The molecule has 0 spiro atoms. The molecule has 198 valence electrons. The maximum absolute atomic E-state index is 13.1. The van der Waals surface area contributed by atoms with Crippen LogP contribution in [0.1, 0.15) is 35.7 Å². The third-order valence-corrected chi connectivity index (χ3v) is 7.94. The summed E-state index contributed by atoms with van der Waals surface area (Å²) in [7, 11) is 2.15. The Bertz CT molecular complexity index is 1380. The average Bonchev–Trinajstić information content (AvgIpc) is 3.64. The first-order valence-electron chi connectivity index (χ1n) is 13.3. The molecule has 6 rings (SSSR count). The number of amides is 2. The predicted molar refractivity (Wildman–Crippen MR) is 144 cm³/mol. The summed E-state index contributed by atoms with van der Waals surface area (Å²) in [5.74, 6) is 1.17. The molecule has 0 radical (unpaired) electrons. The molecule has 10 heteroatoms. The number of ether oxygens (including phenoxy) is 1. The molecule has 2 aromatic heterocycles. The van der Waals surface area contributed by atoms with Crippen molar-refractivity contribution in [2.75, 3.05) is 51.7 Å². The second-order valence-electron chi connectivity index (χ2n) is 10.3. The van der Waals surface area contributed by atoms with E-state index in [2.05, 4.69) is 28.4 Å². The van der Waals surface area contributed by atoms with Crippen LogP contribution >= 0.6 is 0 Å². The number of fused-ring (bicyclic) bond motifs is 2. The highest BCUT2D eigenvalue weighted by molar-refractivity contribution is 5.95. The number of hydrogen-bond donors (Lipinski definition) is 1. The summed E-state index contributed by atoms with van der Waals surface area (Å²) in [6.07, 6.45) is 5.54. The van der Waals surface area contributed by atoms with E-state index < -0.39 is 0 Å². The number of aromatic nitrogens is 3. The van der Waals surface area contributed by atoms with E-state index in [0.717, 1.165) is 48.5 Å². The van der Waals surface area contributed by atoms with Crippen molar-refractivity contribution in [1.82, 2.24) is 29.3 Å². The number of carbonyl (C=O) groups excluding carboxylic acids is 2. The summed E-state index contributed by atoms with van der Waals surface area (Å²) in [5, 5.41) is 7.86. The van der Waals surface area contributed by atoms with E-state index >= 15 is 0 Å². The molecule has 0 bridgehead atoms. The first-order valence-corrected chi connectivity index (χ1v) is 13.3. The summed E-state index contributed by atoms with van der Waals surface area (Å²) in [5.41, 5.74) is 4.40. The molecule has 2 amide bonds. The first-order chi connectivity index (χ1) is 18.5. The molecule has 2 saturated heterocycles. The highest BCUT2D eigenvalue weighted by Crippen LogP contribution is 2.31. The first kappa shape index (κ1) is 24.4. The summed E-state index contributed by atoms with van der Waals surface area (Å²) < 4.78 is 6.88. The molecule has 0 saturated carbocycles. The minimum absolute atomic E-state index is 0.0946. The Hall–Kier alpha value is -3.92. The molecule has 2 atom stereocenters. The molecule has 3 aromatic rings. The number of hydrogen-bond acceptors (Lipinski definition) is 7. The van der Waals surface area contributed by atoms with Crippen LogP contribution in [0.2, 0.25) is 0 Å². The monoisotopic (exact) mass is 515 g/mol. The summed E-state index contributed by atoms with van der Waals surface area (Å²) in [6, 6.07) is 12.0. The van der Waals surface area contributed by atoms with Gasteiger partial charge in [0.1, 0.15) is 0 Å². The van der Waals surface area contributed by atoms with Crippen LogP contribution in [0.25, 0.3) is 11.2 Å². The number of anilines is 2. The van der Waals surface area contributed by atoms with Gasteiger partial charge in [-0.2, -0.15) is 4.98 Å². The molecule has 5 heterocycles. The van der Waals surface area contributed by atoms with Crippen LogP contribution in [-0.2, 0) is 4.74 Å². The second kappa shape index (κ2) is 10.1. The van der Waals surface area contributed by atoms with Crippen LogP contribution in [0.15, 0.2) is 48.7 Å². The molecule has 3 aliphatic heterocycles. The Morgan fingerprint density at radius 1 is 1.11 bits per heavy atom. The van der Waals surface area contributed by atoms with Crippen LogP contribution in [0, 0.1) is 5.92 Å². The van der Waals surface area contributed by atoms with Crippen molar-refractivity contribution in [3.05, 3.63) is 59.8 Å². The maximum atomic E-state index is 13.1. The SMILES string of the molecule is CCOC(=O)N1CC=C(c2cccn3nc(Nc4ccc(C(=O)N5C[C@@H]6CCN(C)[C@@H]6C5)cc4)nc23)CC1. The van der Waals surface area contributed by atoms with Crippen LogP contribution in [0.3, 0.4) is 0 Å². The molecular weight excluding hydrogens is 482 g/mol. The largest absolute Gasteiger partial charge is 0.450 e. The number of carbonyl (C=O) groups is 2. The Morgan fingerprint density at radius 3 is 2.68 bits per heavy atom. The minimum atomic E-state index is -0.279. The Labute approximate surface area is 221 Å². The quantitative estimate of drug-likeness (QED) is 0.556. The molecule has 0 aliphatic carbocycles. The van der Waals surface area contributed by atoms with Gasteiger partial charge >= 0.3 is 6.09 Å². The molecular formula is C28H33N7O3. The lowest BCUT2D eigenvalue weighted by atomic mass is 10.0. The normalized spacial score (nSPS) is 21.5. The van der Waals surface area contributed by atoms with Crippen LogP contribution in [0.5, 0.6) is 0 Å². The molecule has 2 fully saturated rings.